The van der Waals surface area contributed by atoms with Gasteiger partial charge >= 0.3 is 24.2 Å². The minimum atomic E-state index is -6.42. The summed E-state index contributed by atoms with van der Waals surface area (Å²) in [4.78, 5) is 10.9. The monoisotopic (exact) mass is 410 g/mol. The minimum absolute atomic E-state index is 0.0799. The van der Waals surface area contributed by atoms with Crippen molar-refractivity contribution >= 4 is 5.97 Å². The van der Waals surface area contributed by atoms with Crippen LogP contribution >= 0.6 is 0 Å². The van der Waals surface area contributed by atoms with Gasteiger partial charge in [0, 0.05) is 0 Å². The molecule has 160 valence electrons. The highest BCUT2D eigenvalue weighted by atomic mass is 19.4. The standard InChI is InChI=1S/C17H25F7O3/c1-3-4-5-6-7-8-9-10-11-13(12(2)14(25)26)27-15(18,16(19,20)21)17(22,23)24/h13H,2-11H2,1H3,(H,25,26). The Morgan fingerprint density at radius 2 is 1.30 bits per heavy atom. The second-order valence-electron chi connectivity index (χ2n) is 6.29. The quantitative estimate of drug-likeness (QED) is 0.219. The molecular formula is C17H25F7O3. The molecule has 1 unspecified atom stereocenters. The summed E-state index contributed by atoms with van der Waals surface area (Å²) >= 11 is 0. The van der Waals surface area contributed by atoms with E-state index in [1.807, 2.05) is 6.92 Å². The van der Waals surface area contributed by atoms with Crippen LogP contribution in [0.25, 0.3) is 0 Å². The third-order valence-corrected chi connectivity index (χ3v) is 4.02. The van der Waals surface area contributed by atoms with Gasteiger partial charge in [-0.25, -0.2) is 4.79 Å². The van der Waals surface area contributed by atoms with Gasteiger partial charge in [-0.1, -0.05) is 64.9 Å². The Kier molecular flexibility index (Phi) is 10.3. The highest BCUT2D eigenvalue weighted by molar-refractivity contribution is 5.86. The summed E-state index contributed by atoms with van der Waals surface area (Å²) in [6, 6.07) is 0. The van der Waals surface area contributed by atoms with Crippen LogP contribution in [0.2, 0.25) is 0 Å². The van der Waals surface area contributed by atoms with E-state index in [2.05, 4.69) is 11.3 Å². The summed E-state index contributed by atoms with van der Waals surface area (Å²) in [5.41, 5.74) is -1.06. The molecule has 0 saturated heterocycles. The first-order valence-corrected chi connectivity index (χ1v) is 8.70. The number of alkyl halides is 7. The molecule has 0 bridgehead atoms. The minimum Gasteiger partial charge on any atom is -0.478 e. The maximum Gasteiger partial charge on any atom is 0.458 e. The van der Waals surface area contributed by atoms with Crippen molar-refractivity contribution in [3.63, 3.8) is 0 Å². The molecule has 1 atom stereocenters. The molecule has 0 amide bonds. The van der Waals surface area contributed by atoms with Crippen molar-refractivity contribution in [3.05, 3.63) is 12.2 Å². The van der Waals surface area contributed by atoms with Crippen molar-refractivity contribution in [1.82, 2.24) is 0 Å². The van der Waals surface area contributed by atoms with Crippen molar-refractivity contribution in [2.45, 2.75) is 89.0 Å². The molecule has 0 heterocycles. The van der Waals surface area contributed by atoms with Gasteiger partial charge < -0.3 is 9.84 Å². The van der Waals surface area contributed by atoms with Gasteiger partial charge in [-0.05, 0) is 6.42 Å². The van der Waals surface area contributed by atoms with E-state index in [4.69, 9.17) is 5.11 Å². The fourth-order valence-corrected chi connectivity index (χ4v) is 2.40. The molecule has 0 radical (unpaired) electrons. The number of ether oxygens (including phenoxy) is 1. The smallest absolute Gasteiger partial charge is 0.458 e. The average Bonchev–Trinajstić information content (AvgIpc) is 2.53. The Hall–Kier alpha value is -1.32. The lowest BCUT2D eigenvalue weighted by molar-refractivity contribution is -0.436. The Morgan fingerprint density at radius 1 is 0.889 bits per heavy atom. The predicted molar refractivity (Wildman–Crippen MR) is 84.8 cm³/mol. The van der Waals surface area contributed by atoms with Crippen molar-refractivity contribution in [1.29, 1.82) is 0 Å². The highest BCUT2D eigenvalue weighted by Crippen LogP contribution is 2.48. The molecule has 0 aromatic rings. The van der Waals surface area contributed by atoms with Crippen LogP contribution in [-0.4, -0.2) is 35.4 Å². The number of carboxylic acid groups (broad SMARTS) is 1. The molecule has 0 aromatic heterocycles. The largest absolute Gasteiger partial charge is 0.478 e. The first-order chi connectivity index (χ1) is 12.3. The van der Waals surface area contributed by atoms with E-state index in [1.165, 1.54) is 0 Å². The molecule has 1 N–H and O–H groups in total. The van der Waals surface area contributed by atoms with Gasteiger partial charge in [-0.15, -0.1) is 0 Å². The molecule has 0 spiro atoms. The fourth-order valence-electron chi connectivity index (χ4n) is 2.40. The van der Waals surface area contributed by atoms with E-state index < -0.39 is 42.3 Å². The second kappa shape index (κ2) is 10.9. The Labute approximate surface area is 153 Å². The van der Waals surface area contributed by atoms with E-state index in [1.54, 1.807) is 0 Å². The number of carboxylic acids is 1. The Morgan fingerprint density at radius 3 is 1.67 bits per heavy atom. The van der Waals surface area contributed by atoms with Gasteiger partial charge in [0.25, 0.3) is 0 Å². The number of hydrogen-bond donors (Lipinski definition) is 1. The van der Waals surface area contributed by atoms with Crippen LogP contribution in [0, 0.1) is 0 Å². The van der Waals surface area contributed by atoms with Gasteiger partial charge in [0.05, 0.1) is 11.7 Å². The second-order valence-corrected chi connectivity index (χ2v) is 6.29. The summed E-state index contributed by atoms with van der Waals surface area (Å²) in [6.07, 6.45) is -9.46. The van der Waals surface area contributed by atoms with Gasteiger partial charge in [0.2, 0.25) is 0 Å². The van der Waals surface area contributed by atoms with E-state index >= 15 is 0 Å². The van der Waals surface area contributed by atoms with Crippen molar-refractivity contribution in [2.24, 2.45) is 0 Å². The lowest BCUT2D eigenvalue weighted by Crippen LogP contribution is -2.57. The van der Waals surface area contributed by atoms with Gasteiger partial charge in [0.1, 0.15) is 0 Å². The molecule has 0 aliphatic heterocycles. The molecule has 0 aromatic carbocycles. The predicted octanol–water partition coefficient (Wildman–Crippen LogP) is 6.33. The molecule has 10 heteroatoms. The number of hydrogen-bond acceptors (Lipinski definition) is 2. The zero-order valence-electron chi connectivity index (χ0n) is 15.1. The molecule has 27 heavy (non-hydrogen) atoms. The van der Waals surface area contributed by atoms with E-state index in [0.717, 1.165) is 32.1 Å². The molecule has 0 fully saturated rings. The number of halogens is 7. The maximum atomic E-state index is 13.7. The number of rotatable bonds is 13. The molecular weight excluding hydrogens is 385 g/mol. The van der Waals surface area contributed by atoms with E-state index in [-0.39, 0.29) is 6.42 Å². The van der Waals surface area contributed by atoms with Crippen LogP contribution in [0.1, 0.15) is 64.7 Å². The van der Waals surface area contributed by atoms with E-state index in [0.29, 0.717) is 12.8 Å². The van der Waals surface area contributed by atoms with Gasteiger partial charge in [-0.3, -0.25) is 0 Å². The van der Waals surface area contributed by atoms with Gasteiger partial charge in [0.15, 0.2) is 0 Å². The first-order valence-electron chi connectivity index (χ1n) is 8.70. The van der Waals surface area contributed by atoms with Crippen molar-refractivity contribution < 1.29 is 45.4 Å². The van der Waals surface area contributed by atoms with Crippen molar-refractivity contribution in [3.8, 4) is 0 Å². The third-order valence-electron chi connectivity index (χ3n) is 4.02. The molecule has 3 nitrogen and oxygen atoms in total. The SMILES string of the molecule is C=C(C(=O)O)C(CCCCCCCCCC)OC(F)(C(F)(F)F)C(F)(F)F. The van der Waals surface area contributed by atoms with Gasteiger partial charge in [-0.2, -0.15) is 30.7 Å². The lowest BCUT2D eigenvalue weighted by atomic mass is 10.0. The normalized spacial score (nSPS) is 14.2. The number of aliphatic carboxylic acids is 1. The molecule has 0 rings (SSSR count). The van der Waals surface area contributed by atoms with Crippen LogP contribution in [0.15, 0.2) is 12.2 Å². The molecule has 0 aliphatic carbocycles. The Bertz CT molecular complexity index is 458. The number of carbonyl (C=O) groups is 1. The van der Waals surface area contributed by atoms with Crippen LogP contribution in [-0.2, 0) is 9.53 Å². The zero-order chi connectivity index (χ0) is 21.3. The summed E-state index contributed by atoms with van der Waals surface area (Å²) in [5.74, 6) is -7.82. The summed E-state index contributed by atoms with van der Waals surface area (Å²) in [5, 5.41) is 8.81. The lowest BCUT2D eigenvalue weighted by Gasteiger charge is -2.33. The van der Waals surface area contributed by atoms with Crippen LogP contribution in [0.5, 0.6) is 0 Å². The highest BCUT2D eigenvalue weighted by Gasteiger charge is 2.75. The van der Waals surface area contributed by atoms with E-state index in [9.17, 15) is 35.5 Å². The average molecular weight is 410 g/mol. The zero-order valence-corrected chi connectivity index (χ0v) is 15.1. The summed E-state index contributed by atoms with van der Waals surface area (Å²) in [6.45, 7) is 4.97. The topological polar surface area (TPSA) is 46.5 Å². The molecule has 0 aliphatic rings. The maximum absolute atomic E-state index is 13.7. The van der Waals surface area contributed by atoms with Crippen LogP contribution < -0.4 is 0 Å². The summed E-state index contributed by atoms with van der Waals surface area (Å²) in [7, 11) is 0. The Balaban J connectivity index is 4.92. The first kappa shape index (κ1) is 25.7. The van der Waals surface area contributed by atoms with Crippen LogP contribution in [0.4, 0.5) is 30.7 Å². The van der Waals surface area contributed by atoms with Crippen LogP contribution in [0.3, 0.4) is 0 Å². The molecule has 0 saturated carbocycles. The third kappa shape index (κ3) is 8.06. The van der Waals surface area contributed by atoms with Crippen molar-refractivity contribution in [2.75, 3.05) is 0 Å². The fraction of sp³-hybridized carbons (Fsp3) is 0.824. The number of unbranched alkanes of at least 4 members (excludes halogenated alkanes) is 7. The summed E-state index contributed by atoms with van der Waals surface area (Å²) < 4.78 is 93.1.